The largest absolute Gasteiger partial charge is 0.339 e. The molecule has 0 radical (unpaired) electrons. The molecule has 1 atom stereocenters. The summed E-state index contributed by atoms with van der Waals surface area (Å²) in [6.07, 6.45) is 8.45. The van der Waals surface area contributed by atoms with Crippen LogP contribution in [0.4, 0.5) is 11.6 Å². The molecule has 1 aliphatic rings. The lowest BCUT2D eigenvalue weighted by molar-refractivity contribution is -0.127. The van der Waals surface area contributed by atoms with Gasteiger partial charge in [0, 0.05) is 37.6 Å². The van der Waals surface area contributed by atoms with Gasteiger partial charge in [0.05, 0.1) is 0 Å². The van der Waals surface area contributed by atoms with Crippen molar-refractivity contribution in [1.82, 2.24) is 19.8 Å². The van der Waals surface area contributed by atoms with Gasteiger partial charge in [-0.1, -0.05) is 18.2 Å². The molecular weight excluding hydrogens is 350 g/mol. The third kappa shape index (κ3) is 6.16. The summed E-state index contributed by atoms with van der Waals surface area (Å²) in [5.74, 6) is 2.14. The normalized spacial score (nSPS) is 17.2. The van der Waals surface area contributed by atoms with E-state index in [2.05, 4.69) is 16.4 Å². The monoisotopic (exact) mass is 379 g/mol. The number of amides is 1. The Balaban J connectivity index is 1.57. The predicted octanol–water partition coefficient (Wildman–Crippen LogP) is 3.12. The van der Waals surface area contributed by atoms with Gasteiger partial charge in [0.1, 0.15) is 11.6 Å². The first kappa shape index (κ1) is 20.0. The van der Waals surface area contributed by atoms with Crippen LogP contribution in [0.25, 0.3) is 0 Å². The highest BCUT2D eigenvalue weighted by Crippen LogP contribution is 2.21. The summed E-state index contributed by atoms with van der Waals surface area (Å²) in [6, 6.07) is 11.8. The number of pyridine rings is 2. The van der Waals surface area contributed by atoms with Crippen molar-refractivity contribution in [1.29, 1.82) is 0 Å². The molecule has 0 aromatic carbocycles. The van der Waals surface area contributed by atoms with Crippen molar-refractivity contribution in [2.45, 2.75) is 19.3 Å². The summed E-state index contributed by atoms with van der Waals surface area (Å²) in [4.78, 5) is 25.4. The van der Waals surface area contributed by atoms with Gasteiger partial charge in [-0.3, -0.25) is 4.79 Å². The Morgan fingerprint density at radius 2 is 2.11 bits per heavy atom. The lowest BCUT2D eigenvalue weighted by Gasteiger charge is -2.32. The number of carbonyl (C=O) groups is 1. The van der Waals surface area contributed by atoms with E-state index in [-0.39, 0.29) is 5.91 Å². The maximum Gasteiger partial charge on any atom is 0.246 e. The standard InChI is InChI=1S/C22H29N5O/c1-26(2)14-7-12-22(28)27-15-6-8-18(17-27)16-19-9-5-11-21(24-19)25-20-10-3-4-13-23-20/h3-5,7,9-13,18H,6,8,14-17H2,1-2H3,(H,23,24,25)/b12-7+/t18-/m0/s1. The Morgan fingerprint density at radius 1 is 1.25 bits per heavy atom. The van der Waals surface area contributed by atoms with Crippen LogP contribution in [0.5, 0.6) is 0 Å². The summed E-state index contributed by atoms with van der Waals surface area (Å²) >= 11 is 0. The first-order valence-corrected chi connectivity index (χ1v) is 9.84. The molecular formula is C22H29N5O. The van der Waals surface area contributed by atoms with Crippen molar-refractivity contribution in [2.24, 2.45) is 5.92 Å². The van der Waals surface area contributed by atoms with Crippen LogP contribution in [0.15, 0.2) is 54.7 Å². The van der Waals surface area contributed by atoms with Crippen LogP contribution in [0.1, 0.15) is 18.5 Å². The number of nitrogens with one attached hydrogen (secondary N) is 1. The van der Waals surface area contributed by atoms with Gasteiger partial charge in [-0.15, -0.1) is 0 Å². The zero-order valence-electron chi connectivity index (χ0n) is 16.7. The third-order valence-corrected chi connectivity index (χ3v) is 4.79. The molecule has 3 heterocycles. The Labute approximate surface area is 167 Å². The number of hydrogen-bond acceptors (Lipinski definition) is 5. The van der Waals surface area contributed by atoms with E-state index < -0.39 is 0 Å². The Bertz CT molecular complexity index is 791. The van der Waals surface area contributed by atoms with E-state index in [1.165, 1.54) is 0 Å². The first-order valence-electron chi connectivity index (χ1n) is 9.84. The Morgan fingerprint density at radius 3 is 2.89 bits per heavy atom. The van der Waals surface area contributed by atoms with E-state index in [0.717, 1.165) is 56.2 Å². The molecule has 0 aliphatic carbocycles. The minimum atomic E-state index is 0.116. The van der Waals surface area contributed by atoms with E-state index >= 15 is 0 Å². The fraction of sp³-hybridized carbons (Fsp3) is 0.409. The van der Waals surface area contributed by atoms with Crippen LogP contribution in [0.2, 0.25) is 0 Å². The highest BCUT2D eigenvalue weighted by atomic mass is 16.2. The van der Waals surface area contributed by atoms with Gasteiger partial charge in [-0.25, -0.2) is 9.97 Å². The molecule has 1 saturated heterocycles. The number of piperidine rings is 1. The molecule has 0 spiro atoms. The molecule has 6 heteroatoms. The average Bonchev–Trinajstić information content (AvgIpc) is 2.69. The number of hydrogen-bond donors (Lipinski definition) is 1. The molecule has 0 unspecified atom stereocenters. The van der Waals surface area contributed by atoms with Gasteiger partial charge in [-0.2, -0.15) is 0 Å². The zero-order chi connectivity index (χ0) is 19.8. The summed E-state index contributed by atoms with van der Waals surface area (Å²) in [7, 11) is 3.99. The van der Waals surface area contributed by atoms with Crippen molar-refractivity contribution in [3.05, 3.63) is 60.4 Å². The van der Waals surface area contributed by atoms with Gasteiger partial charge < -0.3 is 15.1 Å². The lowest BCUT2D eigenvalue weighted by Crippen LogP contribution is -2.39. The summed E-state index contributed by atoms with van der Waals surface area (Å²) in [6.45, 7) is 2.42. The SMILES string of the molecule is CN(C)C/C=C/C(=O)N1CCC[C@@H](Cc2cccc(Nc3ccccn3)n2)C1. The van der Waals surface area contributed by atoms with Gasteiger partial charge in [0.2, 0.25) is 5.91 Å². The molecule has 28 heavy (non-hydrogen) atoms. The van der Waals surface area contributed by atoms with Gasteiger partial charge in [0.15, 0.2) is 0 Å². The number of carbonyl (C=O) groups excluding carboxylic acids is 1. The number of anilines is 2. The van der Waals surface area contributed by atoms with Crippen LogP contribution in [-0.2, 0) is 11.2 Å². The smallest absolute Gasteiger partial charge is 0.246 e. The average molecular weight is 380 g/mol. The molecule has 3 rings (SSSR count). The molecule has 6 nitrogen and oxygen atoms in total. The number of aromatic nitrogens is 2. The van der Waals surface area contributed by atoms with Crippen molar-refractivity contribution in [2.75, 3.05) is 39.0 Å². The summed E-state index contributed by atoms with van der Waals surface area (Å²) in [5, 5.41) is 3.24. The van der Waals surface area contributed by atoms with E-state index in [0.29, 0.717) is 5.92 Å². The molecule has 1 fully saturated rings. The van der Waals surface area contributed by atoms with E-state index in [1.807, 2.05) is 60.3 Å². The van der Waals surface area contributed by atoms with E-state index in [1.54, 1.807) is 12.3 Å². The minimum absolute atomic E-state index is 0.116. The quantitative estimate of drug-likeness (QED) is 0.749. The highest BCUT2D eigenvalue weighted by Gasteiger charge is 2.23. The maximum atomic E-state index is 12.4. The van der Waals surface area contributed by atoms with Crippen LogP contribution in [0, 0.1) is 5.92 Å². The molecule has 1 N–H and O–H groups in total. The fourth-order valence-electron chi connectivity index (χ4n) is 3.43. The van der Waals surface area contributed by atoms with Crippen LogP contribution < -0.4 is 5.32 Å². The fourth-order valence-corrected chi connectivity index (χ4v) is 3.43. The zero-order valence-corrected chi connectivity index (χ0v) is 16.7. The van der Waals surface area contributed by atoms with E-state index in [4.69, 9.17) is 4.98 Å². The number of nitrogens with zero attached hydrogens (tertiary/aromatic N) is 4. The number of likely N-dealkylation sites (N-methyl/N-ethyl adjacent to an activating group) is 1. The first-order chi connectivity index (χ1) is 13.6. The van der Waals surface area contributed by atoms with Gasteiger partial charge >= 0.3 is 0 Å². The van der Waals surface area contributed by atoms with Gasteiger partial charge in [0.25, 0.3) is 0 Å². The Hall–Kier alpha value is -2.73. The number of likely N-dealkylation sites (tertiary alicyclic amines) is 1. The molecule has 148 valence electrons. The Kier molecular flexibility index (Phi) is 7.14. The van der Waals surface area contributed by atoms with Crippen LogP contribution in [-0.4, -0.2) is 59.4 Å². The predicted molar refractivity (Wildman–Crippen MR) is 112 cm³/mol. The third-order valence-electron chi connectivity index (χ3n) is 4.79. The summed E-state index contributed by atoms with van der Waals surface area (Å²) in [5.41, 5.74) is 1.04. The second kappa shape index (κ2) is 9.99. The molecule has 2 aromatic heterocycles. The maximum absolute atomic E-state index is 12.4. The molecule has 0 saturated carbocycles. The molecule has 0 bridgehead atoms. The summed E-state index contributed by atoms with van der Waals surface area (Å²) < 4.78 is 0. The van der Waals surface area contributed by atoms with Crippen molar-refractivity contribution in [3.8, 4) is 0 Å². The topological polar surface area (TPSA) is 61.4 Å². The molecule has 1 aliphatic heterocycles. The van der Waals surface area contributed by atoms with Crippen LogP contribution >= 0.6 is 0 Å². The second-order valence-electron chi connectivity index (χ2n) is 7.52. The number of rotatable bonds is 7. The highest BCUT2D eigenvalue weighted by molar-refractivity contribution is 5.87. The van der Waals surface area contributed by atoms with Gasteiger partial charge in [-0.05, 0) is 63.5 Å². The lowest BCUT2D eigenvalue weighted by atomic mass is 9.93. The molecule has 2 aromatic rings. The van der Waals surface area contributed by atoms with Crippen molar-refractivity contribution < 1.29 is 4.79 Å². The minimum Gasteiger partial charge on any atom is -0.339 e. The second-order valence-corrected chi connectivity index (χ2v) is 7.52. The molecule has 1 amide bonds. The van der Waals surface area contributed by atoms with Crippen molar-refractivity contribution >= 4 is 17.5 Å². The van der Waals surface area contributed by atoms with E-state index in [9.17, 15) is 4.79 Å². The van der Waals surface area contributed by atoms with Crippen LogP contribution in [0.3, 0.4) is 0 Å². The van der Waals surface area contributed by atoms with Crippen molar-refractivity contribution in [3.63, 3.8) is 0 Å².